The van der Waals surface area contributed by atoms with Crippen molar-refractivity contribution in [2.75, 3.05) is 0 Å². The van der Waals surface area contributed by atoms with Crippen molar-refractivity contribution < 1.29 is 0 Å². The standard InChI is InChI=1S/C30H19BrN2/c31-21-13-14-25-24(18-21)29-26(32-25)15-16-28-30(29)23-11-4-5-12-27(23)33(28)22-10-6-9-20(17-22)19-7-2-1-3-8-19/h1-18,32H. The number of halogens is 1. The normalized spacial score (nSPS) is 11.8. The van der Waals surface area contributed by atoms with E-state index in [0.29, 0.717) is 0 Å². The summed E-state index contributed by atoms with van der Waals surface area (Å²) in [4.78, 5) is 3.61. The average molecular weight is 487 g/mol. The van der Waals surface area contributed by atoms with Gasteiger partial charge in [0.25, 0.3) is 0 Å². The summed E-state index contributed by atoms with van der Waals surface area (Å²) in [7, 11) is 0. The summed E-state index contributed by atoms with van der Waals surface area (Å²) in [6, 6.07) is 39.0. The van der Waals surface area contributed by atoms with E-state index in [1.54, 1.807) is 0 Å². The third-order valence-corrected chi connectivity index (χ3v) is 7.06. The zero-order valence-corrected chi connectivity index (χ0v) is 19.3. The highest BCUT2D eigenvalue weighted by Crippen LogP contribution is 2.40. The van der Waals surface area contributed by atoms with Crippen LogP contribution in [0.1, 0.15) is 0 Å². The third-order valence-electron chi connectivity index (χ3n) is 6.57. The van der Waals surface area contributed by atoms with Crippen molar-refractivity contribution in [2.45, 2.75) is 0 Å². The van der Waals surface area contributed by atoms with E-state index < -0.39 is 0 Å². The Hall–Kier alpha value is -3.82. The highest BCUT2D eigenvalue weighted by atomic mass is 79.9. The Kier molecular flexibility index (Phi) is 4.02. The number of hydrogen-bond donors (Lipinski definition) is 1. The first-order valence-electron chi connectivity index (χ1n) is 11.1. The highest BCUT2D eigenvalue weighted by Gasteiger charge is 2.17. The quantitative estimate of drug-likeness (QED) is 0.252. The van der Waals surface area contributed by atoms with Gasteiger partial charge in [-0.3, -0.25) is 0 Å². The van der Waals surface area contributed by atoms with Crippen molar-refractivity contribution >= 4 is 59.5 Å². The molecule has 0 atom stereocenters. The average Bonchev–Trinajstić information content (AvgIpc) is 3.39. The van der Waals surface area contributed by atoms with Crippen LogP contribution in [0.4, 0.5) is 0 Å². The van der Waals surface area contributed by atoms with Gasteiger partial charge in [0.05, 0.1) is 11.0 Å². The molecule has 0 amide bonds. The lowest BCUT2D eigenvalue weighted by Gasteiger charge is -2.10. The Morgan fingerprint density at radius 1 is 0.545 bits per heavy atom. The molecule has 0 saturated carbocycles. The maximum atomic E-state index is 3.67. The van der Waals surface area contributed by atoms with Crippen molar-refractivity contribution in [3.8, 4) is 16.8 Å². The van der Waals surface area contributed by atoms with Crippen LogP contribution in [0.5, 0.6) is 0 Å². The summed E-state index contributed by atoms with van der Waals surface area (Å²) in [5.74, 6) is 0. The van der Waals surface area contributed by atoms with Gasteiger partial charge in [-0.1, -0.05) is 76.6 Å². The predicted molar refractivity (Wildman–Crippen MR) is 143 cm³/mol. The molecule has 0 saturated heterocycles. The van der Waals surface area contributed by atoms with Crippen molar-refractivity contribution in [3.05, 3.63) is 114 Å². The number of hydrogen-bond acceptors (Lipinski definition) is 0. The first-order chi connectivity index (χ1) is 16.3. The van der Waals surface area contributed by atoms with E-state index in [-0.39, 0.29) is 0 Å². The maximum Gasteiger partial charge on any atom is 0.0548 e. The fourth-order valence-electron chi connectivity index (χ4n) is 5.16. The van der Waals surface area contributed by atoms with Gasteiger partial charge in [-0.2, -0.15) is 0 Å². The predicted octanol–water partition coefficient (Wildman–Crippen LogP) is 8.85. The first-order valence-corrected chi connectivity index (χ1v) is 11.9. The Morgan fingerprint density at radius 3 is 2.24 bits per heavy atom. The van der Waals surface area contributed by atoms with E-state index in [4.69, 9.17) is 0 Å². The van der Waals surface area contributed by atoms with Gasteiger partial charge < -0.3 is 9.55 Å². The smallest absolute Gasteiger partial charge is 0.0548 e. The second-order valence-electron chi connectivity index (χ2n) is 8.47. The Bertz CT molecular complexity index is 1820. The monoisotopic (exact) mass is 486 g/mol. The number of para-hydroxylation sites is 1. The van der Waals surface area contributed by atoms with Gasteiger partial charge in [0.15, 0.2) is 0 Å². The zero-order valence-electron chi connectivity index (χ0n) is 17.7. The SMILES string of the molecule is Brc1ccc2[nH]c3ccc4c(c5ccccc5n4-c4cccc(-c5ccccc5)c4)c3c2c1. The molecule has 0 aliphatic rings. The molecule has 7 rings (SSSR count). The number of aromatic amines is 1. The molecule has 2 nitrogen and oxygen atoms in total. The molecular formula is C30H19BrN2. The molecule has 2 heterocycles. The summed E-state index contributed by atoms with van der Waals surface area (Å²) in [5, 5.41) is 5.07. The molecule has 0 bridgehead atoms. The van der Waals surface area contributed by atoms with Crippen molar-refractivity contribution in [1.82, 2.24) is 9.55 Å². The molecule has 156 valence electrons. The topological polar surface area (TPSA) is 20.7 Å². The molecule has 0 radical (unpaired) electrons. The number of aromatic nitrogens is 2. The molecular weight excluding hydrogens is 468 g/mol. The number of nitrogens with zero attached hydrogens (tertiary/aromatic N) is 1. The largest absolute Gasteiger partial charge is 0.354 e. The molecule has 0 aliphatic carbocycles. The molecule has 33 heavy (non-hydrogen) atoms. The highest BCUT2D eigenvalue weighted by molar-refractivity contribution is 9.10. The number of H-pyrrole nitrogens is 1. The van der Waals surface area contributed by atoms with Crippen LogP contribution in [0.15, 0.2) is 114 Å². The molecule has 3 heteroatoms. The van der Waals surface area contributed by atoms with E-state index in [2.05, 4.69) is 135 Å². The van der Waals surface area contributed by atoms with E-state index in [1.807, 2.05) is 0 Å². The first kappa shape index (κ1) is 18.7. The summed E-state index contributed by atoms with van der Waals surface area (Å²) >= 11 is 3.67. The summed E-state index contributed by atoms with van der Waals surface area (Å²) < 4.78 is 3.49. The minimum atomic E-state index is 1.09. The van der Waals surface area contributed by atoms with Crippen molar-refractivity contribution in [2.24, 2.45) is 0 Å². The molecule has 0 fully saturated rings. The van der Waals surface area contributed by atoms with Gasteiger partial charge in [0, 0.05) is 42.7 Å². The van der Waals surface area contributed by atoms with Crippen LogP contribution in [0.2, 0.25) is 0 Å². The van der Waals surface area contributed by atoms with Crippen LogP contribution in [0.25, 0.3) is 60.4 Å². The van der Waals surface area contributed by atoms with E-state index in [9.17, 15) is 0 Å². The van der Waals surface area contributed by atoms with E-state index >= 15 is 0 Å². The molecule has 0 unspecified atom stereocenters. The van der Waals surface area contributed by atoms with Crippen LogP contribution in [0.3, 0.4) is 0 Å². The molecule has 2 aromatic heterocycles. The second-order valence-corrected chi connectivity index (χ2v) is 9.38. The van der Waals surface area contributed by atoms with Gasteiger partial charge in [0.2, 0.25) is 0 Å². The summed E-state index contributed by atoms with van der Waals surface area (Å²) in [5.41, 5.74) is 8.37. The minimum absolute atomic E-state index is 1.09. The van der Waals surface area contributed by atoms with Gasteiger partial charge in [-0.15, -0.1) is 0 Å². The van der Waals surface area contributed by atoms with Gasteiger partial charge >= 0.3 is 0 Å². The van der Waals surface area contributed by atoms with Gasteiger partial charge in [-0.05, 0) is 59.7 Å². The molecule has 0 aliphatic heterocycles. The number of benzene rings is 5. The molecule has 5 aromatic carbocycles. The van der Waals surface area contributed by atoms with Crippen molar-refractivity contribution in [1.29, 1.82) is 0 Å². The lowest BCUT2D eigenvalue weighted by Crippen LogP contribution is -1.94. The zero-order chi connectivity index (χ0) is 21.9. The van der Waals surface area contributed by atoms with Crippen molar-refractivity contribution in [3.63, 3.8) is 0 Å². The van der Waals surface area contributed by atoms with Gasteiger partial charge in [0.1, 0.15) is 0 Å². The second kappa shape index (κ2) is 7.09. The maximum absolute atomic E-state index is 3.67. The minimum Gasteiger partial charge on any atom is -0.354 e. The lowest BCUT2D eigenvalue weighted by atomic mass is 10.0. The Labute approximate surface area is 199 Å². The fourth-order valence-corrected chi connectivity index (χ4v) is 5.52. The summed E-state index contributed by atoms with van der Waals surface area (Å²) in [6.07, 6.45) is 0. The molecule has 1 N–H and O–H groups in total. The molecule has 0 spiro atoms. The fraction of sp³-hybridized carbons (Fsp3) is 0. The van der Waals surface area contributed by atoms with E-state index in [1.165, 1.54) is 49.4 Å². The molecule has 7 aromatic rings. The van der Waals surface area contributed by atoms with Crippen LogP contribution in [0, 0.1) is 0 Å². The summed E-state index contributed by atoms with van der Waals surface area (Å²) in [6.45, 7) is 0. The van der Waals surface area contributed by atoms with Gasteiger partial charge in [-0.25, -0.2) is 0 Å². The number of fused-ring (bicyclic) bond motifs is 7. The van der Waals surface area contributed by atoms with Crippen LogP contribution < -0.4 is 0 Å². The third kappa shape index (κ3) is 2.79. The lowest BCUT2D eigenvalue weighted by molar-refractivity contribution is 1.18. The number of rotatable bonds is 2. The number of nitrogens with one attached hydrogen (secondary N) is 1. The van der Waals surface area contributed by atoms with Crippen LogP contribution in [-0.4, -0.2) is 9.55 Å². The van der Waals surface area contributed by atoms with Crippen LogP contribution >= 0.6 is 15.9 Å². The van der Waals surface area contributed by atoms with Crippen LogP contribution in [-0.2, 0) is 0 Å². The van der Waals surface area contributed by atoms with E-state index in [0.717, 1.165) is 15.5 Å². The Morgan fingerprint density at radius 2 is 1.33 bits per heavy atom. The Balaban J connectivity index is 1.61.